The number of thioether (sulfide) groups is 2. The van der Waals surface area contributed by atoms with E-state index in [9.17, 15) is 0 Å². The van der Waals surface area contributed by atoms with Crippen molar-refractivity contribution < 1.29 is 0 Å². The van der Waals surface area contributed by atoms with E-state index < -0.39 is 0 Å². The molecule has 0 fully saturated rings. The monoisotopic (exact) mass is 297 g/mol. The normalized spacial score (nSPS) is 14.1. The van der Waals surface area contributed by atoms with Gasteiger partial charge in [-0.15, -0.1) is 0 Å². The highest BCUT2D eigenvalue weighted by Gasteiger charge is 2.11. The summed E-state index contributed by atoms with van der Waals surface area (Å²) in [5, 5.41) is 0. The molecule has 0 bridgehead atoms. The van der Waals surface area contributed by atoms with E-state index in [0.29, 0.717) is 0 Å². The molecule has 100 valence electrons. The van der Waals surface area contributed by atoms with Crippen LogP contribution < -0.4 is 0 Å². The second kappa shape index (κ2) is 6.82. The van der Waals surface area contributed by atoms with Gasteiger partial charge < -0.3 is 0 Å². The van der Waals surface area contributed by atoms with E-state index >= 15 is 0 Å². The van der Waals surface area contributed by atoms with Crippen LogP contribution in [0, 0.1) is 0 Å². The first kappa shape index (κ1) is 13.5. The van der Waals surface area contributed by atoms with Crippen LogP contribution in [-0.2, 0) is 5.75 Å². The van der Waals surface area contributed by atoms with E-state index in [2.05, 4.69) is 60.7 Å². The van der Waals surface area contributed by atoms with Crippen molar-refractivity contribution in [3.05, 3.63) is 71.8 Å². The highest BCUT2D eigenvalue weighted by atomic mass is 32.2. The van der Waals surface area contributed by atoms with Gasteiger partial charge >= 0.3 is 0 Å². The number of hydrogen-bond acceptors (Lipinski definition) is 3. The molecule has 0 saturated heterocycles. The average Bonchev–Trinajstić information content (AvgIpc) is 2.52. The van der Waals surface area contributed by atoms with Crippen LogP contribution in [0.15, 0.2) is 65.7 Å². The van der Waals surface area contributed by atoms with Gasteiger partial charge in [-0.05, 0) is 17.2 Å². The summed E-state index contributed by atoms with van der Waals surface area (Å²) in [4.78, 5) is 4.70. The van der Waals surface area contributed by atoms with E-state index in [4.69, 9.17) is 4.99 Å². The molecule has 0 amide bonds. The fourth-order valence-electron chi connectivity index (χ4n) is 1.95. The summed E-state index contributed by atoms with van der Waals surface area (Å²) in [5.74, 6) is 1.99. The maximum Gasteiger partial charge on any atom is 0.131 e. The summed E-state index contributed by atoms with van der Waals surface area (Å²) < 4.78 is 1.17. The minimum Gasteiger partial charge on any atom is -0.235 e. The van der Waals surface area contributed by atoms with E-state index in [1.54, 1.807) is 11.8 Å². The fraction of sp³-hybridized carbons (Fsp3) is 0.118. The number of fused-ring (bicyclic) bond motifs is 1. The SMILES string of the molecule is C(=Cc1ccccc1)CSC1=Nc2ccccc2CS1. The van der Waals surface area contributed by atoms with Crippen LogP contribution >= 0.6 is 23.5 Å². The van der Waals surface area contributed by atoms with Crippen LogP contribution in [0.5, 0.6) is 0 Å². The highest BCUT2D eigenvalue weighted by molar-refractivity contribution is 8.38. The molecule has 0 aliphatic carbocycles. The Hall–Kier alpha value is -1.45. The Kier molecular flexibility index (Phi) is 4.61. The summed E-state index contributed by atoms with van der Waals surface area (Å²) in [6.45, 7) is 0. The number of benzene rings is 2. The Bertz CT molecular complexity index is 632. The molecule has 0 spiro atoms. The molecular weight excluding hydrogens is 282 g/mol. The lowest BCUT2D eigenvalue weighted by Gasteiger charge is -2.13. The first-order valence-corrected chi connectivity index (χ1v) is 8.53. The van der Waals surface area contributed by atoms with E-state index in [0.717, 1.165) is 17.2 Å². The first-order chi connectivity index (χ1) is 9.92. The predicted octanol–water partition coefficient (Wildman–Crippen LogP) is 5.37. The van der Waals surface area contributed by atoms with Gasteiger partial charge in [0.25, 0.3) is 0 Å². The quantitative estimate of drug-likeness (QED) is 0.755. The summed E-state index contributed by atoms with van der Waals surface area (Å²) in [6, 6.07) is 18.8. The minimum absolute atomic E-state index is 0.961. The van der Waals surface area contributed by atoms with Gasteiger partial charge in [-0.2, -0.15) is 0 Å². The maximum atomic E-state index is 4.70. The summed E-state index contributed by atoms with van der Waals surface area (Å²) >= 11 is 3.64. The van der Waals surface area contributed by atoms with Crippen molar-refractivity contribution in [1.29, 1.82) is 0 Å². The van der Waals surface area contributed by atoms with Gasteiger partial charge in [0.1, 0.15) is 4.38 Å². The van der Waals surface area contributed by atoms with Crippen LogP contribution in [0.25, 0.3) is 6.08 Å². The maximum absolute atomic E-state index is 4.70. The smallest absolute Gasteiger partial charge is 0.131 e. The number of aliphatic imine (C=N–C) groups is 1. The third-order valence-electron chi connectivity index (χ3n) is 2.97. The van der Waals surface area contributed by atoms with Crippen LogP contribution in [0.4, 0.5) is 5.69 Å². The van der Waals surface area contributed by atoms with Gasteiger partial charge in [-0.1, -0.05) is 84.2 Å². The Morgan fingerprint density at radius 3 is 2.75 bits per heavy atom. The molecule has 1 aliphatic heterocycles. The number of nitrogens with zero attached hydrogens (tertiary/aromatic N) is 1. The summed E-state index contributed by atoms with van der Waals surface area (Å²) in [5.41, 5.74) is 3.71. The Balaban J connectivity index is 1.58. The summed E-state index contributed by atoms with van der Waals surface area (Å²) in [7, 11) is 0. The zero-order valence-electron chi connectivity index (χ0n) is 11.0. The second-order valence-corrected chi connectivity index (χ2v) is 6.65. The van der Waals surface area contributed by atoms with Crippen molar-refractivity contribution in [1.82, 2.24) is 0 Å². The molecular formula is C17H15NS2. The zero-order valence-corrected chi connectivity index (χ0v) is 12.7. The predicted molar refractivity (Wildman–Crippen MR) is 92.8 cm³/mol. The molecule has 0 atom stereocenters. The molecule has 0 radical (unpaired) electrons. The van der Waals surface area contributed by atoms with Crippen molar-refractivity contribution in [3.63, 3.8) is 0 Å². The van der Waals surface area contributed by atoms with Gasteiger partial charge in [0.2, 0.25) is 0 Å². The lowest BCUT2D eigenvalue weighted by atomic mass is 10.2. The standard InChI is InChI=1S/C17H15NS2/c1-2-7-14(8-3-1)9-6-12-19-17-18-16-11-5-4-10-15(16)13-20-17/h1-11H,12-13H2. The molecule has 20 heavy (non-hydrogen) atoms. The largest absolute Gasteiger partial charge is 0.235 e. The average molecular weight is 297 g/mol. The van der Waals surface area contributed by atoms with Crippen molar-refractivity contribution in [2.24, 2.45) is 4.99 Å². The highest BCUT2D eigenvalue weighted by Crippen LogP contribution is 2.34. The topological polar surface area (TPSA) is 12.4 Å². The molecule has 1 nitrogen and oxygen atoms in total. The molecule has 0 unspecified atom stereocenters. The third kappa shape index (κ3) is 3.56. The fourth-order valence-corrected chi connectivity index (χ4v) is 3.85. The Morgan fingerprint density at radius 2 is 1.85 bits per heavy atom. The Morgan fingerprint density at radius 1 is 1.05 bits per heavy atom. The lowest BCUT2D eigenvalue weighted by molar-refractivity contribution is 1.36. The second-order valence-electron chi connectivity index (χ2n) is 4.42. The lowest BCUT2D eigenvalue weighted by Crippen LogP contribution is -1.95. The van der Waals surface area contributed by atoms with Crippen LogP contribution in [-0.4, -0.2) is 10.1 Å². The van der Waals surface area contributed by atoms with Crippen LogP contribution in [0.2, 0.25) is 0 Å². The molecule has 0 aromatic heterocycles. The molecule has 0 saturated carbocycles. The van der Waals surface area contributed by atoms with Crippen LogP contribution in [0.1, 0.15) is 11.1 Å². The molecule has 2 aromatic carbocycles. The van der Waals surface area contributed by atoms with Crippen molar-refractivity contribution in [2.45, 2.75) is 5.75 Å². The molecule has 2 aromatic rings. The van der Waals surface area contributed by atoms with Crippen molar-refractivity contribution in [3.8, 4) is 0 Å². The van der Waals surface area contributed by atoms with Gasteiger partial charge in [0, 0.05) is 11.5 Å². The van der Waals surface area contributed by atoms with Crippen LogP contribution in [0.3, 0.4) is 0 Å². The number of para-hydroxylation sites is 1. The number of hydrogen-bond donors (Lipinski definition) is 0. The van der Waals surface area contributed by atoms with Crippen molar-refractivity contribution >= 4 is 39.7 Å². The van der Waals surface area contributed by atoms with Crippen molar-refractivity contribution in [2.75, 3.05) is 5.75 Å². The molecule has 1 heterocycles. The van der Waals surface area contributed by atoms with Gasteiger partial charge in [-0.3, -0.25) is 0 Å². The molecule has 1 aliphatic rings. The zero-order chi connectivity index (χ0) is 13.6. The minimum atomic E-state index is 0.961. The van der Waals surface area contributed by atoms with E-state index in [-0.39, 0.29) is 0 Å². The molecule has 0 N–H and O–H groups in total. The van der Waals surface area contributed by atoms with E-state index in [1.165, 1.54) is 15.5 Å². The van der Waals surface area contributed by atoms with Gasteiger partial charge in [-0.25, -0.2) is 4.99 Å². The molecule has 3 heteroatoms. The third-order valence-corrected chi connectivity index (χ3v) is 5.17. The van der Waals surface area contributed by atoms with E-state index in [1.807, 2.05) is 17.8 Å². The summed E-state index contributed by atoms with van der Waals surface area (Å²) in [6.07, 6.45) is 4.36. The molecule has 3 rings (SSSR count). The Labute approximate surface area is 128 Å². The van der Waals surface area contributed by atoms with Gasteiger partial charge in [0.15, 0.2) is 0 Å². The van der Waals surface area contributed by atoms with Gasteiger partial charge in [0.05, 0.1) is 5.69 Å². The number of rotatable bonds is 3. The first-order valence-electron chi connectivity index (χ1n) is 6.55.